The number of carbonyl (C=O) groups excluding carboxylic acids is 1. The predicted molar refractivity (Wildman–Crippen MR) is 86.8 cm³/mol. The van der Waals surface area contributed by atoms with Crippen LogP contribution in [0.4, 0.5) is 0 Å². The maximum Gasteiger partial charge on any atom is 0.252 e. The smallest absolute Gasteiger partial charge is 0.252 e. The summed E-state index contributed by atoms with van der Waals surface area (Å²) in [6, 6.07) is 17.2. The molecule has 3 rings (SSSR count). The standard InChI is InChI=1S/C18H18N2O2/c1-22-12-17(13-6-3-2-4-7-13)20-18(21)15-8-5-9-16-14(15)10-11-19-16/h2-11,17,19H,12H2,1H3,(H,20,21). The second kappa shape index (κ2) is 6.45. The minimum atomic E-state index is -0.173. The van der Waals surface area contributed by atoms with Crippen molar-refractivity contribution in [2.45, 2.75) is 6.04 Å². The lowest BCUT2D eigenvalue weighted by atomic mass is 10.1. The fourth-order valence-electron chi connectivity index (χ4n) is 2.59. The molecule has 3 aromatic rings. The lowest BCUT2D eigenvalue weighted by Crippen LogP contribution is -2.31. The quantitative estimate of drug-likeness (QED) is 0.758. The molecule has 0 saturated heterocycles. The second-order valence-electron chi connectivity index (χ2n) is 5.14. The molecule has 112 valence electrons. The molecular weight excluding hydrogens is 276 g/mol. The Balaban J connectivity index is 1.86. The highest BCUT2D eigenvalue weighted by Crippen LogP contribution is 2.19. The molecule has 0 radical (unpaired) electrons. The van der Waals surface area contributed by atoms with E-state index in [1.54, 1.807) is 7.11 Å². The largest absolute Gasteiger partial charge is 0.382 e. The highest BCUT2D eigenvalue weighted by molar-refractivity contribution is 6.06. The first-order valence-corrected chi connectivity index (χ1v) is 7.20. The Hall–Kier alpha value is -2.59. The fraction of sp³-hybridized carbons (Fsp3) is 0.167. The van der Waals surface area contributed by atoms with Gasteiger partial charge in [-0.25, -0.2) is 0 Å². The number of rotatable bonds is 5. The van der Waals surface area contributed by atoms with Crippen molar-refractivity contribution in [3.05, 3.63) is 71.9 Å². The summed E-state index contributed by atoms with van der Waals surface area (Å²) in [7, 11) is 1.63. The SMILES string of the molecule is COCC(NC(=O)c1cccc2[nH]ccc12)c1ccccc1. The van der Waals surface area contributed by atoms with Crippen LogP contribution in [0, 0.1) is 0 Å². The molecule has 0 aliphatic carbocycles. The van der Waals surface area contributed by atoms with Crippen LogP contribution in [0.25, 0.3) is 10.9 Å². The second-order valence-corrected chi connectivity index (χ2v) is 5.14. The number of methoxy groups -OCH3 is 1. The Kier molecular flexibility index (Phi) is 4.21. The third-order valence-corrected chi connectivity index (χ3v) is 3.68. The molecule has 2 N–H and O–H groups in total. The minimum Gasteiger partial charge on any atom is -0.382 e. The Morgan fingerprint density at radius 3 is 2.73 bits per heavy atom. The maximum absolute atomic E-state index is 12.6. The van der Waals surface area contributed by atoms with Gasteiger partial charge in [-0.3, -0.25) is 4.79 Å². The molecule has 1 amide bonds. The predicted octanol–water partition coefficient (Wildman–Crippen LogP) is 3.29. The zero-order valence-corrected chi connectivity index (χ0v) is 12.4. The van der Waals surface area contributed by atoms with Crippen LogP contribution < -0.4 is 5.32 Å². The van der Waals surface area contributed by atoms with E-state index < -0.39 is 0 Å². The van der Waals surface area contributed by atoms with Crippen molar-refractivity contribution in [2.75, 3.05) is 13.7 Å². The molecule has 0 fully saturated rings. The van der Waals surface area contributed by atoms with Gasteiger partial charge in [0.25, 0.3) is 5.91 Å². The first-order valence-electron chi connectivity index (χ1n) is 7.20. The third-order valence-electron chi connectivity index (χ3n) is 3.68. The molecule has 0 saturated carbocycles. The van der Waals surface area contributed by atoms with Gasteiger partial charge < -0.3 is 15.0 Å². The van der Waals surface area contributed by atoms with E-state index in [0.29, 0.717) is 12.2 Å². The number of aromatic nitrogens is 1. The van der Waals surface area contributed by atoms with Gasteiger partial charge in [0.05, 0.1) is 12.6 Å². The molecule has 0 spiro atoms. The van der Waals surface area contributed by atoms with Crippen molar-refractivity contribution in [3.63, 3.8) is 0 Å². The van der Waals surface area contributed by atoms with Gasteiger partial charge in [-0.2, -0.15) is 0 Å². The van der Waals surface area contributed by atoms with E-state index in [1.807, 2.05) is 60.8 Å². The topological polar surface area (TPSA) is 54.1 Å². The van der Waals surface area contributed by atoms with E-state index in [9.17, 15) is 4.79 Å². The molecule has 4 nitrogen and oxygen atoms in total. The summed E-state index contributed by atoms with van der Waals surface area (Å²) in [6.07, 6.45) is 1.84. The molecule has 22 heavy (non-hydrogen) atoms. The number of benzene rings is 2. The van der Waals surface area contributed by atoms with Crippen LogP contribution in [0.3, 0.4) is 0 Å². The summed E-state index contributed by atoms with van der Waals surface area (Å²) in [5.74, 6) is -0.101. The molecule has 0 aliphatic rings. The molecular formula is C18H18N2O2. The zero-order valence-electron chi connectivity index (χ0n) is 12.4. The molecule has 4 heteroatoms. The van der Waals surface area contributed by atoms with Crippen molar-refractivity contribution in [2.24, 2.45) is 0 Å². The number of nitrogens with one attached hydrogen (secondary N) is 2. The van der Waals surface area contributed by atoms with E-state index in [-0.39, 0.29) is 11.9 Å². The number of aromatic amines is 1. The van der Waals surface area contributed by atoms with Crippen LogP contribution >= 0.6 is 0 Å². The van der Waals surface area contributed by atoms with Crippen molar-refractivity contribution in [1.82, 2.24) is 10.3 Å². The zero-order chi connectivity index (χ0) is 15.4. The van der Waals surface area contributed by atoms with Crippen molar-refractivity contribution in [3.8, 4) is 0 Å². The molecule has 2 aromatic carbocycles. The summed E-state index contributed by atoms with van der Waals surface area (Å²) >= 11 is 0. The van der Waals surface area contributed by atoms with Gasteiger partial charge in [0.15, 0.2) is 0 Å². The van der Waals surface area contributed by atoms with Gasteiger partial charge in [-0.15, -0.1) is 0 Å². The van der Waals surface area contributed by atoms with Crippen molar-refractivity contribution in [1.29, 1.82) is 0 Å². The van der Waals surface area contributed by atoms with E-state index in [0.717, 1.165) is 16.5 Å². The summed E-state index contributed by atoms with van der Waals surface area (Å²) in [5, 5.41) is 3.98. The maximum atomic E-state index is 12.6. The highest BCUT2D eigenvalue weighted by atomic mass is 16.5. The number of hydrogen-bond acceptors (Lipinski definition) is 2. The minimum absolute atomic E-state index is 0.101. The number of ether oxygens (including phenoxy) is 1. The normalized spacial score (nSPS) is 12.2. The summed E-state index contributed by atoms with van der Waals surface area (Å²) in [6.45, 7) is 0.429. The van der Waals surface area contributed by atoms with Crippen LogP contribution in [-0.2, 0) is 4.74 Å². The molecule has 1 atom stereocenters. The van der Waals surface area contributed by atoms with Crippen LogP contribution in [0.2, 0.25) is 0 Å². The Bertz CT molecular complexity index is 765. The lowest BCUT2D eigenvalue weighted by Gasteiger charge is -2.18. The summed E-state index contributed by atoms with van der Waals surface area (Å²) in [4.78, 5) is 15.8. The number of amides is 1. The van der Waals surface area contributed by atoms with E-state index in [1.165, 1.54) is 0 Å². The molecule has 1 unspecified atom stereocenters. The van der Waals surface area contributed by atoms with Gasteiger partial charge in [0.1, 0.15) is 0 Å². The summed E-state index contributed by atoms with van der Waals surface area (Å²) < 4.78 is 5.25. The molecule has 0 aliphatic heterocycles. The van der Waals surface area contributed by atoms with Crippen molar-refractivity contribution >= 4 is 16.8 Å². The van der Waals surface area contributed by atoms with Crippen LogP contribution in [0.1, 0.15) is 22.0 Å². The average Bonchev–Trinajstić information content (AvgIpc) is 3.03. The van der Waals surface area contributed by atoms with Crippen molar-refractivity contribution < 1.29 is 9.53 Å². The first-order chi connectivity index (χ1) is 10.8. The Morgan fingerprint density at radius 1 is 1.14 bits per heavy atom. The monoisotopic (exact) mass is 294 g/mol. The first kappa shape index (κ1) is 14.4. The van der Waals surface area contributed by atoms with Gasteiger partial charge in [0, 0.05) is 29.8 Å². The van der Waals surface area contributed by atoms with Gasteiger partial charge in [-0.05, 0) is 23.8 Å². The Morgan fingerprint density at radius 2 is 1.95 bits per heavy atom. The average molecular weight is 294 g/mol. The molecule has 0 bridgehead atoms. The lowest BCUT2D eigenvalue weighted by molar-refractivity contribution is 0.0898. The van der Waals surface area contributed by atoms with E-state index in [2.05, 4.69) is 10.3 Å². The number of hydrogen-bond donors (Lipinski definition) is 2. The third kappa shape index (κ3) is 2.87. The Labute approximate surface area is 129 Å². The number of carbonyl (C=O) groups is 1. The van der Waals surface area contributed by atoms with Crippen LogP contribution in [0.5, 0.6) is 0 Å². The fourth-order valence-corrected chi connectivity index (χ4v) is 2.59. The van der Waals surface area contributed by atoms with E-state index >= 15 is 0 Å². The van der Waals surface area contributed by atoms with Crippen LogP contribution in [0.15, 0.2) is 60.8 Å². The van der Waals surface area contributed by atoms with Gasteiger partial charge in [-0.1, -0.05) is 36.4 Å². The molecule has 1 heterocycles. The number of fused-ring (bicyclic) bond motifs is 1. The highest BCUT2D eigenvalue weighted by Gasteiger charge is 2.17. The van der Waals surface area contributed by atoms with E-state index in [4.69, 9.17) is 4.74 Å². The van der Waals surface area contributed by atoms with Gasteiger partial charge >= 0.3 is 0 Å². The molecule has 1 aromatic heterocycles. The van der Waals surface area contributed by atoms with Gasteiger partial charge in [0.2, 0.25) is 0 Å². The number of H-pyrrole nitrogens is 1. The summed E-state index contributed by atoms with van der Waals surface area (Å²) in [5.41, 5.74) is 2.64. The van der Waals surface area contributed by atoms with Crippen LogP contribution in [-0.4, -0.2) is 24.6 Å².